The van der Waals surface area contributed by atoms with Crippen LogP contribution in [0.5, 0.6) is 5.75 Å². The Balaban J connectivity index is 3.18. The number of rotatable bonds is 4. The smallest absolute Gasteiger partial charge is 0.339 e. The molecule has 1 aromatic rings. The van der Waals surface area contributed by atoms with Gasteiger partial charge in [-0.2, -0.15) is 0 Å². The molecule has 0 amide bonds. The number of esters is 1. The maximum absolute atomic E-state index is 13.5. The van der Waals surface area contributed by atoms with E-state index in [1.807, 2.05) is 0 Å². The molecule has 1 atom stereocenters. The molecular weight excluding hydrogens is 245 g/mol. The van der Waals surface area contributed by atoms with E-state index in [1.54, 1.807) is 0 Å². The van der Waals surface area contributed by atoms with Crippen molar-refractivity contribution in [3.8, 4) is 5.75 Å². The second-order valence-electron chi connectivity index (χ2n) is 3.55. The van der Waals surface area contributed by atoms with Crippen LogP contribution in [0.15, 0.2) is 12.1 Å². The van der Waals surface area contributed by atoms with Gasteiger partial charge in [0, 0.05) is 11.6 Å². The molecule has 1 rings (SSSR count). The summed E-state index contributed by atoms with van der Waals surface area (Å²) in [6.45, 7) is 0. The van der Waals surface area contributed by atoms with Crippen molar-refractivity contribution in [2.75, 3.05) is 7.11 Å². The number of benzene rings is 1. The highest BCUT2D eigenvalue weighted by Gasteiger charge is 2.23. The molecule has 1 aromatic carbocycles. The normalized spacial score (nSPS) is 11.9. The van der Waals surface area contributed by atoms with Crippen molar-refractivity contribution in [1.82, 2.24) is 0 Å². The topological polar surface area (TPSA) is 110 Å². The molecule has 18 heavy (non-hydrogen) atoms. The third-order valence-corrected chi connectivity index (χ3v) is 2.38. The highest BCUT2D eigenvalue weighted by Crippen LogP contribution is 2.31. The molecule has 4 N–H and O–H groups in total. The molecule has 0 unspecified atom stereocenters. The van der Waals surface area contributed by atoms with Crippen LogP contribution < -0.4 is 5.73 Å². The van der Waals surface area contributed by atoms with Gasteiger partial charge in [0.1, 0.15) is 17.1 Å². The van der Waals surface area contributed by atoms with E-state index in [4.69, 9.17) is 10.8 Å². The van der Waals surface area contributed by atoms with Crippen molar-refractivity contribution in [3.05, 3.63) is 29.1 Å². The lowest BCUT2D eigenvalue weighted by atomic mass is 9.99. The highest BCUT2D eigenvalue weighted by molar-refractivity contribution is 5.91. The second-order valence-corrected chi connectivity index (χ2v) is 3.55. The summed E-state index contributed by atoms with van der Waals surface area (Å²) in [6, 6.07) is 0.605. The summed E-state index contributed by atoms with van der Waals surface area (Å²) in [7, 11) is 1.14. The molecule has 0 aromatic heterocycles. The first-order valence-corrected chi connectivity index (χ1v) is 4.95. The predicted octanol–water partition coefficient (Wildman–Crippen LogP) is 0.792. The molecule has 0 fully saturated rings. The van der Waals surface area contributed by atoms with Gasteiger partial charge < -0.3 is 20.7 Å². The van der Waals surface area contributed by atoms with E-state index in [-0.39, 0.29) is 6.42 Å². The summed E-state index contributed by atoms with van der Waals surface area (Å²) in [5, 5.41) is 18.4. The van der Waals surface area contributed by atoms with Gasteiger partial charge in [0.25, 0.3) is 0 Å². The molecule has 0 spiro atoms. The Labute approximate surface area is 102 Å². The number of ether oxygens (including phenoxy) is 1. The van der Waals surface area contributed by atoms with Crippen LogP contribution >= 0.6 is 0 Å². The zero-order valence-corrected chi connectivity index (χ0v) is 9.51. The van der Waals surface area contributed by atoms with Crippen LogP contribution in [0, 0.1) is 5.82 Å². The fourth-order valence-electron chi connectivity index (χ4n) is 1.47. The summed E-state index contributed by atoms with van der Waals surface area (Å²) in [6.07, 6.45) is -0.371. The standard InChI is InChI=1S/C11H12FNO5/c1-18-8(14)4-7(13)9-6(12)3-2-5(10(9)15)11(16)17/h2-3,7,15H,4,13H2,1H3,(H,16,17)/t7-/m0/s1. The molecule has 6 nitrogen and oxygen atoms in total. The van der Waals surface area contributed by atoms with E-state index in [0.29, 0.717) is 0 Å². The number of carboxylic acid groups (broad SMARTS) is 1. The number of aromatic hydroxyl groups is 1. The molecule has 0 aliphatic rings. The minimum atomic E-state index is -1.42. The average molecular weight is 257 g/mol. The largest absolute Gasteiger partial charge is 0.507 e. The van der Waals surface area contributed by atoms with E-state index in [9.17, 15) is 19.1 Å². The van der Waals surface area contributed by atoms with Crippen LogP contribution in [0.2, 0.25) is 0 Å². The van der Waals surface area contributed by atoms with Gasteiger partial charge in [0.2, 0.25) is 0 Å². The third kappa shape index (κ3) is 2.75. The molecule has 0 bridgehead atoms. The number of carbonyl (C=O) groups excluding carboxylic acids is 1. The van der Waals surface area contributed by atoms with Gasteiger partial charge >= 0.3 is 11.9 Å². The summed E-state index contributed by atoms with van der Waals surface area (Å²) in [4.78, 5) is 21.8. The Bertz CT molecular complexity index is 489. The van der Waals surface area contributed by atoms with Crippen LogP contribution in [0.25, 0.3) is 0 Å². The van der Waals surface area contributed by atoms with Gasteiger partial charge in [-0.1, -0.05) is 0 Å². The Morgan fingerprint density at radius 2 is 2.11 bits per heavy atom. The molecule has 98 valence electrons. The fraction of sp³-hybridized carbons (Fsp3) is 0.273. The Kier molecular flexibility index (Phi) is 4.22. The van der Waals surface area contributed by atoms with Crippen molar-refractivity contribution in [2.24, 2.45) is 5.73 Å². The monoisotopic (exact) mass is 257 g/mol. The van der Waals surface area contributed by atoms with E-state index >= 15 is 0 Å². The van der Waals surface area contributed by atoms with Gasteiger partial charge in [-0.15, -0.1) is 0 Å². The second kappa shape index (κ2) is 5.46. The van der Waals surface area contributed by atoms with Crippen LogP contribution in [-0.4, -0.2) is 29.3 Å². The van der Waals surface area contributed by atoms with Crippen LogP contribution in [0.3, 0.4) is 0 Å². The molecule has 0 radical (unpaired) electrons. The van der Waals surface area contributed by atoms with Crippen LogP contribution in [-0.2, 0) is 9.53 Å². The molecule has 0 heterocycles. The van der Waals surface area contributed by atoms with Gasteiger partial charge in [-0.3, -0.25) is 4.79 Å². The first-order valence-electron chi connectivity index (χ1n) is 4.95. The molecule has 0 aliphatic carbocycles. The lowest BCUT2D eigenvalue weighted by Gasteiger charge is -2.14. The molecule has 0 saturated carbocycles. The first kappa shape index (κ1) is 13.9. The Hall–Kier alpha value is -2.15. The Morgan fingerprint density at radius 3 is 2.61 bits per heavy atom. The fourth-order valence-corrected chi connectivity index (χ4v) is 1.47. The predicted molar refractivity (Wildman–Crippen MR) is 58.6 cm³/mol. The SMILES string of the molecule is COC(=O)C[C@H](N)c1c(F)ccc(C(=O)O)c1O. The number of aromatic carboxylic acids is 1. The van der Waals surface area contributed by atoms with E-state index < -0.39 is 40.7 Å². The van der Waals surface area contributed by atoms with Crippen molar-refractivity contribution in [3.63, 3.8) is 0 Å². The summed E-state index contributed by atoms with van der Waals surface area (Å²) in [5.41, 5.74) is 4.65. The van der Waals surface area contributed by atoms with Crippen molar-refractivity contribution in [2.45, 2.75) is 12.5 Å². The summed E-state index contributed by atoms with van der Waals surface area (Å²) < 4.78 is 17.9. The van der Waals surface area contributed by atoms with Crippen molar-refractivity contribution in [1.29, 1.82) is 0 Å². The minimum Gasteiger partial charge on any atom is -0.507 e. The lowest BCUT2D eigenvalue weighted by molar-refractivity contribution is -0.141. The van der Waals surface area contributed by atoms with Crippen molar-refractivity contribution < 1.29 is 28.9 Å². The lowest BCUT2D eigenvalue weighted by Crippen LogP contribution is -2.18. The van der Waals surface area contributed by atoms with Gasteiger partial charge in [-0.05, 0) is 12.1 Å². The van der Waals surface area contributed by atoms with Crippen LogP contribution in [0.4, 0.5) is 4.39 Å². The van der Waals surface area contributed by atoms with Gasteiger partial charge in [-0.25, -0.2) is 9.18 Å². The van der Waals surface area contributed by atoms with E-state index in [0.717, 1.165) is 19.2 Å². The first-order chi connectivity index (χ1) is 8.38. The quantitative estimate of drug-likeness (QED) is 0.688. The highest BCUT2D eigenvalue weighted by atomic mass is 19.1. The third-order valence-electron chi connectivity index (χ3n) is 2.38. The zero-order valence-electron chi connectivity index (χ0n) is 9.51. The number of halogens is 1. The summed E-state index contributed by atoms with van der Waals surface area (Å²) in [5.74, 6) is -3.77. The molecule has 0 saturated heterocycles. The maximum Gasteiger partial charge on any atom is 0.339 e. The molecule has 7 heteroatoms. The number of carbonyl (C=O) groups is 2. The van der Waals surface area contributed by atoms with E-state index in [1.165, 1.54) is 0 Å². The average Bonchev–Trinajstić information content (AvgIpc) is 2.28. The molecular formula is C11H12FNO5. The molecule has 0 aliphatic heterocycles. The van der Waals surface area contributed by atoms with Gasteiger partial charge in [0.05, 0.1) is 13.5 Å². The van der Waals surface area contributed by atoms with Crippen molar-refractivity contribution >= 4 is 11.9 Å². The zero-order chi connectivity index (χ0) is 13.9. The number of hydrogen-bond donors (Lipinski definition) is 3. The number of methoxy groups -OCH3 is 1. The van der Waals surface area contributed by atoms with Crippen LogP contribution in [0.1, 0.15) is 28.4 Å². The maximum atomic E-state index is 13.5. The number of phenols is 1. The van der Waals surface area contributed by atoms with E-state index in [2.05, 4.69) is 4.74 Å². The Morgan fingerprint density at radius 1 is 1.50 bits per heavy atom. The number of hydrogen-bond acceptors (Lipinski definition) is 5. The number of carboxylic acids is 1. The van der Waals surface area contributed by atoms with Gasteiger partial charge in [0.15, 0.2) is 0 Å². The minimum absolute atomic E-state index is 0.371. The summed E-state index contributed by atoms with van der Waals surface area (Å²) >= 11 is 0. The number of nitrogens with two attached hydrogens (primary N) is 1.